The highest BCUT2D eigenvalue weighted by Gasteiger charge is 2.17. The maximum Gasteiger partial charge on any atom is 0.231 e. The van der Waals surface area contributed by atoms with Crippen molar-refractivity contribution in [1.29, 1.82) is 0 Å². The van der Waals surface area contributed by atoms with Crippen LogP contribution < -0.4 is 14.8 Å². The Kier molecular flexibility index (Phi) is 3.55. The molecule has 0 atom stereocenters. The molecule has 0 radical (unpaired) electrons. The van der Waals surface area contributed by atoms with Crippen LogP contribution in [0, 0.1) is 0 Å². The van der Waals surface area contributed by atoms with Crippen LogP contribution in [0.4, 0.5) is 0 Å². The fourth-order valence-electron chi connectivity index (χ4n) is 2.41. The lowest BCUT2D eigenvalue weighted by molar-refractivity contribution is -0.130. The van der Waals surface area contributed by atoms with Gasteiger partial charge in [-0.3, -0.25) is 4.79 Å². The molecule has 2 aliphatic rings. The van der Waals surface area contributed by atoms with Gasteiger partial charge in [0, 0.05) is 32.6 Å². The van der Waals surface area contributed by atoms with Crippen LogP contribution in [0.5, 0.6) is 11.5 Å². The molecule has 1 saturated heterocycles. The van der Waals surface area contributed by atoms with Crippen molar-refractivity contribution < 1.29 is 14.3 Å². The minimum Gasteiger partial charge on any atom is -0.454 e. The molecule has 2 aliphatic heterocycles. The van der Waals surface area contributed by atoms with Crippen LogP contribution in [0.1, 0.15) is 12.0 Å². The van der Waals surface area contributed by atoms with Gasteiger partial charge in [0.1, 0.15) is 0 Å². The predicted octanol–water partition coefficient (Wildman–Crippen LogP) is 0.780. The molecule has 5 nitrogen and oxygen atoms in total. The molecule has 1 aromatic rings. The van der Waals surface area contributed by atoms with E-state index in [1.807, 2.05) is 23.1 Å². The van der Waals surface area contributed by atoms with E-state index in [0.29, 0.717) is 13.2 Å². The number of benzene rings is 1. The maximum atomic E-state index is 11.9. The normalized spacial score (nSPS) is 18.5. The number of rotatable bonds is 3. The van der Waals surface area contributed by atoms with Crippen molar-refractivity contribution in [1.82, 2.24) is 10.2 Å². The summed E-state index contributed by atoms with van der Waals surface area (Å²) in [6.45, 7) is 3.53. The third kappa shape index (κ3) is 2.81. The molecule has 1 amide bonds. The van der Waals surface area contributed by atoms with Gasteiger partial charge >= 0.3 is 0 Å². The van der Waals surface area contributed by atoms with Crippen molar-refractivity contribution in [3.63, 3.8) is 0 Å². The summed E-state index contributed by atoms with van der Waals surface area (Å²) in [4.78, 5) is 13.8. The molecule has 0 bridgehead atoms. The van der Waals surface area contributed by atoms with Gasteiger partial charge in [-0.25, -0.2) is 0 Å². The van der Waals surface area contributed by atoms with Crippen LogP contribution >= 0.6 is 0 Å². The molecule has 1 aromatic carbocycles. The van der Waals surface area contributed by atoms with E-state index in [-0.39, 0.29) is 5.91 Å². The van der Waals surface area contributed by atoms with Crippen LogP contribution in [0.3, 0.4) is 0 Å². The summed E-state index contributed by atoms with van der Waals surface area (Å²) in [7, 11) is 0. The average molecular weight is 262 g/mol. The number of nitrogens with one attached hydrogen (secondary N) is 1. The molecular formula is C14H18N2O3. The van der Waals surface area contributed by atoms with Gasteiger partial charge in [-0.2, -0.15) is 0 Å². The molecule has 0 spiro atoms. The van der Waals surface area contributed by atoms with Gasteiger partial charge in [0.15, 0.2) is 11.5 Å². The highest BCUT2D eigenvalue weighted by Crippen LogP contribution is 2.32. The smallest absolute Gasteiger partial charge is 0.231 e. The van der Waals surface area contributed by atoms with E-state index in [2.05, 4.69) is 5.32 Å². The number of amides is 1. The number of ether oxygens (including phenoxy) is 2. The number of hydrogen-bond donors (Lipinski definition) is 1. The molecule has 5 heteroatoms. The fourth-order valence-corrected chi connectivity index (χ4v) is 2.41. The monoisotopic (exact) mass is 262 g/mol. The quantitative estimate of drug-likeness (QED) is 0.874. The summed E-state index contributed by atoms with van der Waals surface area (Å²) in [6.07, 6.45) is 1.45. The zero-order valence-corrected chi connectivity index (χ0v) is 10.9. The van der Waals surface area contributed by atoms with Crippen molar-refractivity contribution in [3.05, 3.63) is 23.8 Å². The zero-order valence-electron chi connectivity index (χ0n) is 10.9. The SMILES string of the molecule is O=C1CCNCCN1CCc1ccc2c(c1)OCO2. The molecule has 1 fully saturated rings. The number of nitrogens with zero attached hydrogens (tertiary/aromatic N) is 1. The molecule has 102 valence electrons. The van der Waals surface area contributed by atoms with E-state index in [0.717, 1.165) is 44.1 Å². The van der Waals surface area contributed by atoms with Crippen molar-refractivity contribution in [3.8, 4) is 11.5 Å². The largest absolute Gasteiger partial charge is 0.454 e. The van der Waals surface area contributed by atoms with Gasteiger partial charge in [0.25, 0.3) is 0 Å². The first-order valence-corrected chi connectivity index (χ1v) is 6.70. The van der Waals surface area contributed by atoms with Gasteiger partial charge in [-0.1, -0.05) is 6.07 Å². The number of fused-ring (bicyclic) bond motifs is 1. The topological polar surface area (TPSA) is 50.8 Å². The van der Waals surface area contributed by atoms with E-state index >= 15 is 0 Å². The predicted molar refractivity (Wildman–Crippen MR) is 70.3 cm³/mol. The molecule has 0 aromatic heterocycles. The Labute approximate surface area is 112 Å². The molecular weight excluding hydrogens is 244 g/mol. The standard InChI is InChI=1S/C14H18N2O3/c17-14-3-5-15-6-8-16(14)7-4-11-1-2-12-13(9-11)19-10-18-12/h1-2,9,15H,3-8,10H2. The van der Waals surface area contributed by atoms with Gasteiger partial charge in [0.2, 0.25) is 12.7 Å². The van der Waals surface area contributed by atoms with Crippen molar-refractivity contribution in [2.24, 2.45) is 0 Å². The summed E-state index contributed by atoms with van der Waals surface area (Å²) < 4.78 is 10.6. The Morgan fingerprint density at radius 2 is 2.11 bits per heavy atom. The Bertz CT molecular complexity index is 476. The van der Waals surface area contributed by atoms with Crippen molar-refractivity contribution >= 4 is 5.91 Å². The minimum absolute atomic E-state index is 0.241. The zero-order chi connectivity index (χ0) is 13.1. The molecule has 0 aliphatic carbocycles. The number of hydrogen-bond acceptors (Lipinski definition) is 4. The van der Waals surface area contributed by atoms with Crippen LogP contribution in [0.25, 0.3) is 0 Å². The Morgan fingerprint density at radius 1 is 1.21 bits per heavy atom. The highest BCUT2D eigenvalue weighted by atomic mass is 16.7. The first kappa shape index (κ1) is 12.3. The van der Waals surface area contributed by atoms with E-state index in [1.165, 1.54) is 5.56 Å². The van der Waals surface area contributed by atoms with E-state index in [1.54, 1.807) is 0 Å². The lowest BCUT2D eigenvalue weighted by Crippen LogP contribution is -2.34. The third-order valence-corrected chi connectivity index (χ3v) is 3.53. The third-order valence-electron chi connectivity index (χ3n) is 3.53. The summed E-state index contributed by atoms with van der Waals surface area (Å²) >= 11 is 0. The molecule has 19 heavy (non-hydrogen) atoms. The second-order valence-electron chi connectivity index (χ2n) is 4.82. The van der Waals surface area contributed by atoms with Crippen LogP contribution in [-0.4, -0.2) is 43.8 Å². The van der Waals surface area contributed by atoms with Crippen LogP contribution in [0.15, 0.2) is 18.2 Å². The summed E-state index contributed by atoms with van der Waals surface area (Å²) in [6, 6.07) is 5.97. The summed E-state index contributed by atoms with van der Waals surface area (Å²) in [5.41, 5.74) is 1.18. The number of carbonyl (C=O) groups excluding carboxylic acids is 1. The summed E-state index contributed by atoms with van der Waals surface area (Å²) in [5.74, 6) is 1.85. The van der Waals surface area contributed by atoms with Gasteiger partial charge < -0.3 is 19.7 Å². The lowest BCUT2D eigenvalue weighted by atomic mass is 10.1. The van der Waals surface area contributed by atoms with Crippen LogP contribution in [-0.2, 0) is 11.2 Å². The molecule has 3 rings (SSSR count). The van der Waals surface area contributed by atoms with Crippen LogP contribution in [0.2, 0.25) is 0 Å². The van der Waals surface area contributed by atoms with Gasteiger partial charge in [-0.15, -0.1) is 0 Å². The average Bonchev–Trinajstić information content (AvgIpc) is 2.79. The Morgan fingerprint density at radius 3 is 3.05 bits per heavy atom. The van der Waals surface area contributed by atoms with Crippen molar-refractivity contribution in [2.45, 2.75) is 12.8 Å². The minimum atomic E-state index is 0.241. The Balaban J connectivity index is 1.60. The fraction of sp³-hybridized carbons (Fsp3) is 0.500. The molecule has 2 heterocycles. The molecule has 0 saturated carbocycles. The van der Waals surface area contributed by atoms with Crippen molar-refractivity contribution in [2.75, 3.05) is 33.0 Å². The highest BCUT2D eigenvalue weighted by molar-refractivity contribution is 5.76. The Hall–Kier alpha value is -1.75. The lowest BCUT2D eigenvalue weighted by Gasteiger charge is -2.20. The second kappa shape index (κ2) is 5.48. The maximum absolute atomic E-state index is 11.9. The van der Waals surface area contributed by atoms with Gasteiger partial charge in [-0.05, 0) is 24.1 Å². The second-order valence-corrected chi connectivity index (χ2v) is 4.82. The van der Waals surface area contributed by atoms with Gasteiger partial charge in [0.05, 0.1) is 0 Å². The molecule has 1 N–H and O–H groups in total. The first-order valence-electron chi connectivity index (χ1n) is 6.70. The van der Waals surface area contributed by atoms with E-state index in [9.17, 15) is 4.79 Å². The number of carbonyl (C=O) groups is 1. The molecule has 0 unspecified atom stereocenters. The van der Waals surface area contributed by atoms with E-state index < -0.39 is 0 Å². The summed E-state index contributed by atoms with van der Waals surface area (Å²) in [5, 5.41) is 3.24. The van der Waals surface area contributed by atoms with E-state index in [4.69, 9.17) is 9.47 Å². The first-order chi connectivity index (χ1) is 9.33.